The van der Waals surface area contributed by atoms with Gasteiger partial charge in [-0.25, -0.2) is 4.39 Å². The molecule has 1 saturated carbocycles. The molecule has 1 aliphatic rings. The standard InChI is InChI=1S/C20H20FNO4/c1-26-16-7-3-12(4-8-16)13-5-9-17(18(21)11-13)19(23)22-15-6-2-14(10-15)20(24)25/h3-5,7-9,11,14-15H,2,6,10H2,1H3,(H,22,23)(H,24,25)/t14-,15+/m1/s1. The van der Waals surface area contributed by atoms with Crippen LogP contribution >= 0.6 is 0 Å². The summed E-state index contributed by atoms with van der Waals surface area (Å²) in [5, 5.41) is 11.8. The second kappa shape index (κ2) is 7.56. The zero-order chi connectivity index (χ0) is 18.7. The van der Waals surface area contributed by atoms with Crippen LogP contribution in [0.3, 0.4) is 0 Å². The zero-order valence-corrected chi connectivity index (χ0v) is 14.4. The quantitative estimate of drug-likeness (QED) is 0.859. The van der Waals surface area contributed by atoms with Crippen LogP contribution in [0.1, 0.15) is 29.6 Å². The third-order valence-corrected chi connectivity index (χ3v) is 4.75. The van der Waals surface area contributed by atoms with E-state index in [1.54, 1.807) is 25.3 Å². The van der Waals surface area contributed by atoms with Crippen LogP contribution < -0.4 is 10.1 Å². The Labute approximate surface area is 150 Å². The number of hydrogen-bond acceptors (Lipinski definition) is 3. The Kier molecular flexibility index (Phi) is 5.21. The van der Waals surface area contributed by atoms with Crippen molar-refractivity contribution in [2.45, 2.75) is 25.3 Å². The molecule has 0 aromatic heterocycles. The first-order valence-corrected chi connectivity index (χ1v) is 8.45. The maximum Gasteiger partial charge on any atom is 0.306 e. The van der Waals surface area contributed by atoms with Crippen molar-refractivity contribution in [2.24, 2.45) is 5.92 Å². The first-order valence-electron chi connectivity index (χ1n) is 8.45. The number of amides is 1. The van der Waals surface area contributed by atoms with Crippen LogP contribution in [0, 0.1) is 11.7 Å². The van der Waals surface area contributed by atoms with Crippen LogP contribution in [0.5, 0.6) is 5.75 Å². The smallest absolute Gasteiger partial charge is 0.306 e. The molecule has 26 heavy (non-hydrogen) atoms. The Morgan fingerprint density at radius 2 is 1.81 bits per heavy atom. The minimum absolute atomic E-state index is 0.0407. The van der Waals surface area contributed by atoms with E-state index in [0.717, 1.165) is 5.56 Å². The van der Waals surface area contributed by atoms with E-state index in [4.69, 9.17) is 9.84 Å². The Morgan fingerprint density at radius 3 is 2.38 bits per heavy atom. The SMILES string of the molecule is COc1ccc(-c2ccc(C(=O)N[C@H]3CC[C@@H](C(=O)O)C3)c(F)c2)cc1. The number of halogens is 1. The molecule has 136 valence electrons. The number of benzene rings is 2. The highest BCUT2D eigenvalue weighted by Gasteiger charge is 2.31. The lowest BCUT2D eigenvalue weighted by Crippen LogP contribution is -2.33. The van der Waals surface area contributed by atoms with E-state index in [0.29, 0.717) is 30.6 Å². The molecule has 0 heterocycles. The number of carboxylic acid groups (broad SMARTS) is 1. The van der Waals surface area contributed by atoms with Gasteiger partial charge in [0.15, 0.2) is 0 Å². The van der Waals surface area contributed by atoms with Gasteiger partial charge in [-0.15, -0.1) is 0 Å². The Morgan fingerprint density at radius 1 is 1.12 bits per heavy atom. The molecular weight excluding hydrogens is 337 g/mol. The van der Waals surface area contributed by atoms with Crippen molar-refractivity contribution in [3.05, 3.63) is 53.8 Å². The van der Waals surface area contributed by atoms with Crippen molar-refractivity contribution < 1.29 is 23.8 Å². The lowest BCUT2D eigenvalue weighted by Gasteiger charge is -2.13. The van der Waals surface area contributed by atoms with E-state index < -0.39 is 23.6 Å². The summed E-state index contributed by atoms with van der Waals surface area (Å²) in [7, 11) is 1.57. The van der Waals surface area contributed by atoms with E-state index in [-0.39, 0.29) is 11.6 Å². The van der Waals surface area contributed by atoms with Crippen LogP contribution in [0.2, 0.25) is 0 Å². The summed E-state index contributed by atoms with van der Waals surface area (Å²) < 4.78 is 19.5. The maximum absolute atomic E-state index is 14.4. The van der Waals surface area contributed by atoms with Gasteiger partial charge < -0.3 is 15.2 Å². The molecule has 0 bridgehead atoms. The van der Waals surface area contributed by atoms with Crippen molar-refractivity contribution >= 4 is 11.9 Å². The summed E-state index contributed by atoms with van der Waals surface area (Å²) in [5.41, 5.74) is 1.44. The van der Waals surface area contributed by atoms with Gasteiger partial charge >= 0.3 is 5.97 Å². The minimum atomic E-state index is -0.850. The van der Waals surface area contributed by atoms with Gasteiger partial charge in [0.1, 0.15) is 11.6 Å². The summed E-state index contributed by atoms with van der Waals surface area (Å²) in [6.07, 6.45) is 1.50. The molecular formula is C20H20FNO4. The zero-order valence-electron chi connectivity index (χ0n) is 14.4. The van der Waals surface area contributed by atoms with Gasteiger partial charge in [-0.1, -0.05) is 18.2 Å². The van der Waals surface area contributed by atoms with E-state index in [1.807, 2.05) is 12.1 Å². The summed E-state index contributed by atoms with van der Waals surface area (Å²) in [4.78, 5) is 23.3. The van der Waals surface area contributed by atoms with Crippen LogP contribution in [-0.4, -0.2) is 30.1 Å². The van der Waals surface area contributed by atoms with Gasteiger partial charge in [-0.3, -0.25) is 9.59 Å². The average molecular weight is 357 g/mol. The van der Waals surface area contributed by atoms with Crippen molar-refractivity contribution in [3.8, 4) is 16.9 Å². The van der Waals surface area contributed by atoms with Gasteiger partial charge in [-0.2, -0.15) is 0 Å². The molecule has 2 atom stereocenters. The van der Waals surface area contributed by atoms with E-state index >= 15 is 0 Å². The number of aliphatic carboxylic acids is 1. The predicted octanol–water partition coefficient (Wildman–Crippen LogP) is 3.48. The van der Waals surface area contributed by atoms with Gasteiger partial charge in [0.05, 0.1) is 18.6 Å². The molecule has 3 rings (SSSR count). The third kappa shape index (κ3) is 3.85. The predicted molar refractivity (Wildman–Crippen MR) is 94.6 cm³/mol. The molecule has 0 unspecified atom stereocenters. The second-order valence-electron chi connectivity index (χ2n) is 6.44. The first-order chi connectivity index (χ1) is 12.5. The fourth-order valence-electron chi connectivity index (χ4n) is 3.26. The molecule has 2 N–H and O–H groups in total. The molecule has 2 aromatic rings. The monoisotopic (exact) mass is 357 g/mol. The fourth-order valence-corrected chi connectivity index (χ4v) is 3.26. The van der Waals surface area contributed by atoms with Crippen molar-refractivity contribution in [2.75, 3.05) is 7.11 Å². The molecule has 6 heteroatoms. The molecule has 0 aliphatic heterocycles. The number of ether oxygens (including phenoxy) is 1. The number of methoxy groups -OCH3 is 1. The number of carbonyl (C=O) groups excluding carboxylic acids is 1. The highest BCUT2D eigenvalue weighted by Crippen LogP contribution is 2.27. The lowest BCUT2D eigenvalue weighted by atomic mass is 10.0. The summed E-state index contributed by atoms with van der Waals surface area (Å²) in [6, 6.07) is 11.4. The molecule has 5 nitrogen and oxygen atoms in total. The van der Waals surface area contributed by atoms with Crippen molar-refractivity contribution in [1.82, 2.24) is 5.32 Å². The molecule has 1 fully saturated rings. The summed E-state index contributed by atoms with van der Waals surface area (Å²) >= 11 is 0. The molecule has 1 amide bonds. The number of nitrogens with one attached hydrogen (secondary N) is 1. The highest BCUT2D eigenvalue weighted by atomic mass is 19.1. The Bertz CT molecular complexity index is 819. The van der Waals surface area contributed by atoms with Gasteiger partial charge in [-0.05, 0) is 54.7 Å². The number of carboxylic acids is 1. The van der Waals surface area contributed by atoms with Crippen molar-refractivity contribution in [1.29, 1.82) is 0 Å². The number of rotatable bonds is 5. The van der Waals surface area contributed by atoms with E-state index in [2.05, 4.69) is 5.32 Å². The van der Waals surface area contributed by atoms with Gasteiger partial charge in [0.25, 0.3) is 5.91 Å². The van der Waals surface area contributed by atoms with E-state index in [9.17, 15) is 14.0 Å². The Hall–Kier alpha value is -2.89. The largest absolute Gasteiger partial charge is 0.497 e. The number of hydrogen-bond donors (Lipinski definition) is 2. The first kappa shape index (κ1) is 17.9. The molecule has 0 saturated heterocycles. The Balaban J connectivity index is 1.70. The minimum Gasteiger partial charge on any atom is -0.497 e. The average Bonchev–Trinajstić information content (AvgIpc) is 3.10. The number of carbonyl (C=O) groups is 2. The van der Waals surface area contributed by atoms with Crippen LogP contribution in [0.15, 0.2) is 42.5 Å². The van der Waals surface area contributed by atoms with Crippen molar-refractivity contribution in [3.63, 3.8) is 0 Å². The van der Waals surface area contributed by atoms with Crippen LogP contribution in [-0.2, 0) is 4.79 Å². The highest BCUT2D eigenvalue weighted by molar-refractivity contribution is 5.95. The molecule has 1 aliphatic carbocycles. The van der Waals surface area contributed by atoms with E-state index in [1.165, 1.54) is 12.1 Å². The topological polar surface area (TPSA) is 75.6 Å². The molecule has 0 spiro atoms. The molecule has 2 aromatic carbocycles. The lowest BCUT2D eigenvalue weighted by molar-refractivity contribution is -0.141. The van der Waals surface area contributed by atoms with Crippen LogP contribution in [0.25, 0.3) is 11.1 Å². The third-order valence-electron chi connectivity index (χ3n) is 4.75. The van der Waals surface area contributed by atoms with Crippen LogP contribution in [0.4, 0.5) is 4.39 Å². The second-order valence-corrected chi connectivity index (χ2v) is 6.44. The normalized spacial score (nSPS) is 19.2. The van der Waals surface area contributed by atoms with Gasteiger partial charge in [0, 0.05) is 6.04 Å². The summed E-state index contributed by atoms with van der Waals surface area (Å²) in [6.45, 7) is 0. The van der Waals surface area contributed by atoms with Gasteiger partial charge in [0.2, 0.25) is 0 Å². The maximum atomic E-state index is 14.4. The fraction of sp³-hybridized carbons (Fsp3) is 0.300. The molecule has 0 radical (unpaired) electrons. The summed E-state index contributed by atoms with van der Waals surface area (Å²) in [5.74, 6) is -1.70.